The molecule has 0 radical (unpaired) electrons. The number of nitrogens with two attached hydrogens (primary N) is 1. The van der Waals surface area contributed by atoms with Crippen LogP contribution in [0.15, 0.2) is 29.2 Å². The molecule has 19 heavy (non-hydrogen) atoms. The van der Waals surface area contributed by atoms with Crippen molar-refractivity contribution in [2.75, 3.05) is 13.1 Å². The van der Waals surface area contributed by atoms with Gasteiger partial charge in [-0.25, -0.2) is 8.42 Å². The molecule has 0 aliphatic carbocycles. The van der Waals surface area contributed by atoms with Crippen molar-refractivity contribution in [3.05, 3.63) is 29.8 Å². The lowest BCUT2D eigenvalue weighted by atomic mass is 10.1. The van der Waals surface area contributed by atoms with Crippen LogP contribution in [0.5, 0.6) is 0 Å². The van der Waals surface area contributed by atoms with E-state index in [1.165, 1.54) is 9.87 Å². The topological polar surface area (TPSA) is 63.4 Å². The maximum Gasteiger partial charge on any atom is 0.243 e. The Balaban J connectivity index is 0.00000180. The highest BCUT2D eigenvalue weighted by atomic mass is 35.5. The smallest absolute Gasteiger partial charge is 0.243 e. The third-order valence-electron chi connectivity index (χ3n) is 3.29. The highest BCUT2D eigenvalue weighted by Gasteiger charge is 2.30. The van der Waals surface area contributed by atoms with Crippen LogP contribution < -0.4 is 5.73 Å². The number of sulfonamides is 1. The van der Waals surface area contributed by atoms with E-state index in [4.69, 9.17) is 5.73 Å². The Kier molecular flexibility index (Phi) is 5.80. The summed E-state index contributed by atoms with van der Waals surface area (Å²) in [6.07, 6.45) is 2.79. The first-order chi connectivity index (χ1) is 8.54. The number of hydrogen-bond donors (Lipinski definition) is 1. The second kappa shape index (κ2) is 6.70. The lowest BCUT2D eigenvalue weighted by Crippen LogP contribution is -2.31. The van der Waals surface area contributed by atoms with Gasteiger partial charge in [-0.05, 0) is 30.5 Å². The molecule has 1 atom stereocenters. The Morgan fingerprint density at radius 1 is 1.32 bits per heavy atom. The number of nitrogens with zero attached hydrogens (tertiary/aromatic N) is 1. The third-order valence-corrected chi connectivity index (χ3v) is 5.17. The summed E-state index contributed by atoms with van der Waals surface area (Å²) in [6.45, 7) is 3.07. The molecule has 1 heterocycles. The fourth-order valence-corrected chi connectivity index (χ4v) is 3.75. The summed E-state index contributed by atoms with van der Waals surface area (Å²) >= 11 is 0. The predicted octanol–water partition coefficient (Wildman–Crippen LogP) is 1.78. The van der Waals surface area contributed by atoms with Crippen LogP contribution >= 0.6 is 12.4 Å². The van der Waals surface area contributed by atoms with E-state index >= 15 is 0 Å². The van der Waals surface area contributed by atoms with Gasteiger partial charge in [0, 0.05) is 19.1 Å². The molecular formula is C13H21ClN2O2S. The van der Waals surface area contributed by atoms with Gasteiger partial charge < -0.3 is 5.73 Å². The maximum absolute atomic E-state index is 12.3. The normalized spacial score (nSPS) is 20.2. The average Bonchev–Trinajstić information content (AvgIpc) is 2.78. The van der Waals surface area contributed by atoms with Gasteiger partial charge in [-0.1, -0.05) is 25.5 Å². The Morgan fingerprint density at radius 2 is 1.95 bits per heavy atom. The zero-order chi connectivity index (χ0) is 13.2. The zero-order valence-electron chi connectivity index (χ0n) is 11.1. The molecule has 0 bridgehead atoms. The van der Waals surface area contributed by atoms with Crippen molar-refractivity contribution < 1.29 is 8.42 Å². The van der Waals surface area contributed by atoms with E-state index in [0.717, 1.165) is 19.3 Å². The van der Waals surface area contributed by atoms with Crippen molar-refractivity contribution in [1.82, 2.24) is 4.31 Å². The average molecular weight is 305 g/mol. The quantitative estimate of drug-likeness (QED) is 0.922. The third kappa shape index (κ3) is 3.69. The van der Waals surface area contributed by atoms with Crippen LogP contribution in [-0.2, 0) is 16.4 Å². The molecule has 1 fully saturated rings. The van der Waals surface area contributed by atoms with Crippen LogP contribution in [0.2, 0.25) is 0 Å². The summed E-state index contributed by atoms with van der Waals surface area (Å²) in [5.41, 5.74) is 6.93. The summed E-state index contributed by atoms with van der Waals surface area (Å²) < 4.78 is 26.1. The van der Waals surface area contributed by atoms with Gasteiger partial charge in [-0.2, -0.15) is 4.31 Å². The van der Waals surface area contributed by atoms with Crippen molar-refractivity contribution in [1.29, 1.82) is 0 Å². The first-order valence-corrected chi connectivity index (χ1v) is 7.82. The molecule has 1 saturated heterocycles. The SMILES string of the molecule is CCCc1ccc(S(=O)(=O)N2CCC(N)C2)cc1.Cl. The molecule has 6 heteroatoms. The van der Waals surface area contributed by atoms with Crippen LogP contribution in [0.3, 0.4) is 0 Å². The minimum atomic E-state index is -3.35. The molecule has 0 saturated carbocycles. The van der Waals surface area contributed by atoms with E-state index in [1.54, 1.807) is 12.1 Å². The molecule has 2 rings (SSSR count). The Bertz CT molecular complexity index is 502. The molecular weight excluding hydrogens is 284 g/mol. The Morgan fingerprint density at radius 3 is 2.42 bits per heavy atom. The fourth-order valence-electron chi connectivity index (χ4n) is 2.24. The summed E-state index contributed by atoms with van der Waals surface area (Å²) in [6, 6.07) is 7.16. The summed E-state index contributed by atoms with van der Waals surface area (Å²) in [4.78, 5) is 0.372. The van der Waals surface area contributed by atoms with Crippen molar-refractivity contribution >= 4 is 22.4 Å². The lowest BCUT2D eigenvalue weighted by molar-refractivity contribution is 0.472. The van der Waals surface area contributed by atoms with Crippen molar-refractivity contribution in [2.24, 2.45) is 5.73 Å². The van der Waals surface area contributed by atoms with Gasteiger partial charge in [-0.15, -0.1) is 12.4 Å². The molecule has 0 aromatic heterocycles. The van der Waals surface area contributed by atoms with E-state index in [9.17, 15) is 8.42 Å². The molecule has 108 valence electrons. The second-order valence-corrected chi connectivity index (χ2v) is 6.74. The van der Waals surface area contributed by atoms with Crippen molar-refractivity contribution in [2.45, 2.75) is 37.1 Å². The number of benzene rings is 1. The maximum atomic E-state index is 12.3. The minimum Gasteiger partial charge on any atom is -0.326 e. The van der Waals surface area contributed by atoms with Crippen LogP contribution in [0.1, 0.15) is 25.3 Å². The molecule has 1 aromatic carbocycles. The van der Waals surface area contributed by atoms with Crippen molar-refractivity contribution in [3.8, 4) is 0 Å². The lowest BCUT2D eigenvalue weighted by Gasteiger charge is -2.16. The Labute approximate surface area is 121 Å². The number of hydrogen-bond acceptors (Lipinski definition) is 3. The summed E-state index contributed by atoms with van der Waals surface area (Å²) in [7, 11) is -3.35. The van der Waals surface area contributed by atoms with Crippen molar-refractivity contribution in [3.63, 3.8) is 0 Å². The second-order valence-electron chi connectivity index (χ2n) is 4.81. The van der Waals surface area contributed by atoms with E-state index in [1.807, 2.05) is 12.1 Å². The van der Waals surface area contributed by atoms with E-state index < -0.39 is 10.0 Å². The van der Waals surface area contributed by atoms with E-state index in [2.05, 4.69) is 6.92 Å². The molecule has 4 nitrogen and oxygen atoms in total. The molecule has 1 aromatic rings. The number of rotatable bonds is 4. The molecule has 0 spiro atoms. The van der Waals surface area contributed by atoms with Gasteiger partial charge in [0.2, 0.25) is 10.0 Å². The van der Waals surface area contributed by atoms with E-state index in [0.29, 0.717) is 18.0 Å². The zero-order valence-corrected chi connectivity index (χ0v) is 12.7. The highest BCUT2D eigenvalue weighted by Crippen LogP contribution is 2.21. The molecule has 1 aliphatic heterocycles. The fraction of sp³-hybridized carbons (Fsp3) is 0.538. The monoisotopic (exact) mass is 304 g/mol. The molecule has 2 N–H and O–H groups in total. The van der Waals surface area contributed by atoms with Gasteiger partial charge in [0.15, 0.2) is 0 Å². The first-order valence-electron chi connectivity index (χ1n) is 6.38. The van der Waals surface area contributed by atoms with Gasteiger partial charge in [-0.3, -0.25) is 0 Å². The number of aryl methyl sites for hydroxylation is 1. The molecule has 1 aliphatic rings. The van der Waals surface area contributed by atoms with Gasteiger partial charge in [0.25, 0.3) is 0 Å². The van der Waals surface area contributed by atoms with Crippen LogP contribution in [0.4, 0.5) is 0 Å². The van der Waals surface area contributed by atoms with Gasteiger partial charge >= 0.3 is 0 Å². The van der Waals surface area contributed by atoms with Crippen LogP contribution in [0, 0.1) is 0 Å². The first kappa shape index (κ1) is 16.4. The highest BCUT2D eigenvalue weighted by molar-refractivity contribution is 7.89. The standard InChI is InChI=1S/C13H20N2O2S.ClH/c1-2-3-11-4-6-13(7-5-11)18(16,17)15-9-8-12(14)10-15;/h4-7,12H,2-3,8-10,14H2,1H3;1H. The summed E-state index contributed by atoms with van der Waals surface area (Å²) in [5, 5.41) is 0. The molecule has 0 amide bonds. The minimum absolute atomic E-state index is 0. The van der Waals surface area contributed by atoms with Crippen LogP contribution in [0.25, 0.3) is 0 Å². The largest absolute Gasteiger partial charge is 0.326 e. The van der Waals surface area contributed by atoms with Gasteiger partial charge in [0.1, 0.15) is 0 Å². The van der Waals surface area contributed by atoms with Gasteiger partial charge in [0.05, 0.1) is 4.90 Å². The molecule has 1 unspecified atom stereocenters. The van der Waals surface area contributed by atoms with E-state index in [-0.39, 0.29) is 18.4 Å². The predicted molar refractivity (Wildman–Crippen MR) is 79.0 cm³/mol. The Hall–Kier alpha value is -0.620. The summed E-state index contributed by atoms with van der Waals surface area (Å²) in [5.74, 6) is 0. The number of halogens is 1. The van der Waals surface area contributed by atoms with Crippen LogP contribution in [-0.4, -0.2) is 31.9 Å².